The third-order valence-electron chi connectivity index (χ3n) is 4.77. The minimum absolute atomic E-state index is 0.0815. The summed E-state index contributed by atoms with van der Waals surface area (Å²) in [4.78, 5) is 13.9. The Bertz CT molecular complexity index is 305. The first-order valence-corrected chi connectivity index (χ1v) is 8.32. The monoisotopic (exact) mass is 282 g/mol. The highest BCUT2D eigenvalue weighted by Crippen LogP contribution is 2.26. The minimum atomic E-state index is -0.0815. The van der Waals surface area contributed by atoms with Gasteiger partial charge in [-0.25, -0.2) is 0 Å². The van der Waals surface area contributed by atoms with Gasteiger partial charge in [-0.2, -0.15) is 0 Å². The quantitative estimate of drug-likeness (QED) is 0.726. The van der Waals surface area contributed by atoms with Gasteiger partial charge in [-0.05, 0) is 44.6 Å². The number of piperidine rings is 1. The van der Waals surface area contributed by atoms with Gasteiger partial charge in [0.15, 0.2) is 0 Å². The number of hydrogen-bond acceptors (Lipinski definition) is 4. The summed E-state index contributed by atoms with van der Waals surface area (Å²) in [5.74, 6) is 1.52. The van der Waals surface area contributed by atoms with Crippen molar-refractivity contribution in [2.24, 2.45) is 11.8 Å². The lowest BCUT2D eigenvalue weighted by molar-refractivity contribution is -0.145. The average molecular weight is 282 g/mol. The maximum Gasteiger partial charge on any atom is 0.320 e. The van der Waals surface area contributed by atoms with Crippen molar-refractivity contribution in [2.75, 3.05) is 32.8 Å². The molecule has 2 unspecified atom stereocenters. The molecule has 0 aromatic rings. The van der Waals surface area contributed by atoms with Crippen LogP contribution in [0.2, 0.25) is 0 Å². The van der Waals surface area contributed by atoms with E-state index in [9.17, 15) is 4.79 Å². The van der Waals surface area contributed by atoms with Crippen LogP contribution in [0.25, 0.3) is 0 Å². The zero-order valence-corrected chi connectivity index (χ0v) is 13.1. The smallest absolute Gasteiger partial charge is 0.320 e. The summed E-state index contributed by atoms with van der Waals surface area (Å²) in [6.07, 6.45) is 6.64. The van der Waals surface area contributed by atoms with Crippen molar-refractivity contribution >= 4 is 5.97 Å². The van der Waals surface area contributed by atoms with Crippen molar-refractivity contribution in [3.63, 3.8) is 0 Å². The third-order valence-corrected chi connectivity index (χ3v) is 4.77. The molecule has 2 aliphatic rings. The molecule has 4 heteroatoms. The van der Waals surface area contributed by atoms with Gasteiger partial charge < -0.3 is 10.1 Å². The van der Waals surface area contributed by atoms with E-state index in [4.69, 9.17) is 4.74 Å². The van der Waals surface area contributed by atoms with Crippen molar-refractivity contribution in [2.45, 2.75) is 52.0 Å². The highest BCUT2D eigenvalue weighted by molar-refractivity contribution is 5.71. The molecule has 0 spiro atoms. The van der Waals surface area contributed by atoms with Crippen LogP contribution >= 0.6 is 0 Å². The number of nitrogens with zero attached hydrogens (tertiary/aromatic N) is 1. The van der Waals surface area contributed by atoms with Crippen molar-refractivity contribution in [1.29, 1.82) is 0 Å². The van der Waals surface area contributed by atoms with Crippen LogP contribution in [0.4, 0.5) is 0 Å². The molecular weight excluding hydrogens is 252 g/mol. The summed E-state index contributed by atoms with van der Waals surface area (Å²) >= 11 is 0. The van der Waals surface area contributed by atoms with Crippen LogP contribution in [0.15, 0.2) is 0 Å². The number of carbonyl (C=O) groups excluding carboxylic acids is 1. The summed E-state index contributed by atoms with van der Waals surface area (Å²) in [5, 5.41) is 3.73. The van der Waals surface area contributed by atoms with E-state index in [0.29, 0.717) is 25.1 Å². The topological polar surface area (TPSA) is 41.6 Å². The molecule has 0 bridgehead atoms. The molecule has 0 amide bonds. The van der Waals surface area contributed by atoms with E-state index in [1.165, 1.54) is 32.1 Å². The van der Waals surface area contributed by atoms with Crippen LogP contribution in [-0.4, -0.2) is 49.7 Å². The Kier molecular flexibility index (Phi) is 6.30. The van der Waals surface area contributed by atoms with Gasteiger partial charge in [0.05, 0.1) is 13.2 Å². The Morgan fingerprint density at radius 3 is 2.65 bits per heavy atom. The lowest BCUT2D eigenvalue weighted by Crippen LogP contribution is -2.51. The summed E-state index contributed by atoms with van der Waals surface area (Å²) in [5.41, 5.74) is 0. The van der Waals surface area contributed by atoms with E-state index < -0.39 is 0 Å². The van der Waals surface area contributed by atoms with E-state index in [1.54, 1.807) is 0 Å². The number of hydrogen-bond donors (Lipinski definition) is 1. The van der Waals surface area contributed by atoms with Crippen LogP contribution in [0, 0.1) is 11.8 Å². The van der Waals surface area contributed by atoms with E-state index in [1.807, 2.05) is 6.92 Å². The SMILES string of the molecule is CCOC(=O)CN1CC(CC)CC(NCC2CCC2)C1. The number of esters is 1. The Morgan fingerprint density at radius 2 is 2.05 bits per heavy atom. The number of likely N-dealkylation sites (tertiary alicyclic amines) is 1. The number of carbonyl (C=O) groups is 1. The minimum Gasteiger partial charge on any atom is -0.465 e. The van der Waals surface area contributed by atoms with Gasteiger partial charge in [0, 0.05) is 19.1 Å². The second-order valence-electron chi connectivity index (χ2n) is 6.41. The normalized spacial score (nSPS) is 28.1. The zero-order valence-electron chi connectivity index (χ0n) is 13.1. The van der Waals surface area contributed by atoms with Crippen molar-refractivity contribution in [1.82, 2.24) is 10.2 Å². The fourth-order valence-electron chi connectivity index (χ4n) is 3.30. The van der Waals surface area contributed by atoms with E-state index in [2.05, 4.69) is 17.1 Å². The fraction of sp³-hybridized carbons (Fsp3) is 0.938. The molecule has 116 valence electrons. The molecular formula is C16H30N2O2. The molecule has 1 N–H and O–H groups in total. The lowest BCUT2D eigenvalue weighted by atomic mass is 9.85. The molecule has 1 saturated carbocycles. The Morgan fingerprint density at radius 1 is 1.25 bits per heavy atom. The van der Waals surface area contributed by atoms with Crippen molar-refractivity contribution in [3.05, 3.63) is 0 Å². The molecule has 0 radical (unpaired) electrons. The molecule has 20 heavy (non-hydrogen) atoms. The van der Waals surface area contributed by atoms with Gasteiger partial charge in [0.25, 0.3) is 0 Å². The maximum absolute atomic E-state index is 11.7. The van der Waals surface area contributed by atoms with Crippen LogP contribution in [0.3, 0.4) is 0 Å². The van der Waals surface area contributed by atoms with Gasteiger partial charge in [-0.1, -0.05) is 19.8 Å². The van der Waals surface area contributed by atoms with Crippen molar-refractivity contribution in [3.8, 4) is 0 Å². The highest BCUT2D eigenvalue weighted by Gasteiger charge is 2.28. The first kappa shape index (κ1) is 15.8. The van der Waals surface area contributed by atoms with Crippen molar-refractivity contribution < 1.29 is 9.53 Å². The van der Waals surface area contributed by atoms with Crippen LogP contribution in [0.5, 0.6) is 0 Å². The van der Waals surface area contributed by atoms with Gasteiger partial charge >= 0.3 is 5.97 Å². The molecule has 1 aliphatic carbocycles. The fourth-order valence-corrected chi connectivity index (χ4v) is 3.30. The predicted octanol–water partition coefficient (Wildman–Crippen LogP) is 2.04. The Balaban J connectivity index is 1.77. The molecule has 1 aliphatic heterocycles. The second-order valence-corrected chi connectivity index (χ2v) is 6.41. The number of ether oxygens (including phenoxy) is 1. The standard InChI is InChI=1S/C16H30N2O2/c1-3-13-8-15(17-9-14-6-5-7-14)11-18(10-13)12-16(19)20-4-2/h13-15,17H,3-12H2,1-2H3. The zero-order chi connectivity index (χ0) is 14.4. The molecule has 0 aromatic heterocycles. The summed E-state index contributed by atoms with van der Waals surface area (Å²) in [7, 11) is 0. The molecule has 2 fully saturated rings. The predicted molar refractivity (Wildman–Crippen MR) is 80.6 cm³/mol. The number of rotatable bonds is 7. The van der Waals surface area contributed by atoms with Gasteiger partial charge in [0.1, 0.15) is 0 Å². The Hall–Kier alpha value is -0.610. The first-order chi connectivity index (χ1) is 9.71. The molecule has 4 nitrogen and oxygen atoms in total. The number of nitrogens with one attached hydrogen (secondary N) is 1. The van der Waals surface area contributed by atoms with Gasteiger partial charge in [-0.15, -0.1) is 0 Å². The largest absolute Gasteiger partial charge is 0.465 e. The van der Waals surface area contributed by atoms with E-state index in [0.717, 1.165) is 25.6 Å². The summed E-state index contributed by atoms with van der Waals surface area (Å²) < 4.78 is 5.07. The van der Waals surface area contributed by atoms with E-state index >= 15 is 0 Å². The lowest BCUT2D eigenvalue weighted by Gasteiger charge is -2.38. The summed E-state index contributed by atoms with van der Waals surface area (Å²) in [6, 6.07) is 0.545. The molecule has 1 saturated heterocycles. The molecule has 1 heterocycles. The highest BCUT2D eigenvalue weighted by atomic mass is 16.5. The molecule has 2 atom stereocenters. The second kappa shape index (κ2) is 7.99. The average Bonchev–Trinajstić information content (AvgIpc) is 2.36. The van der Waals surface area contributed by atoms with Gasteiger partial charge in [-0.3, -0.25) is 9.69 Å². The van der Waals surface area contributed by atoms with Gasteiger partial charge in [0.2, 0.25) is 0 Å². The van der Waals surface area contributed by atoms with E-state index in [-0.39, 0.29) is 5.97 Å². The van der Waals surface area contributed by atoms with Crippen LogP contribution < -0.4 is 5.32 Å². The molecule has 2 rings (SSSR count). The third kappa shape index (κ3) is 4.74. The Labute approximate surface area is 123 Å². The van der Waals surface area contributed by atoms with Crippen LogP contribution in [0.1, 0.15) is 46.0 Å². The summed E-state index contributed by atoms with van der Waals surface area (Å²) in [6.45, 7) is 8.24. The first-order valence-electron chi connectivity index (χ1n) is 8.32. The van der Waals surface area contributed by atoms with Crippen LogP contribution in [-0.2, 0) is 9.53 Å². The maximum atomic E-state index is 11.7. The molecule has 0 aromatic carbocycles.